The quantitative estimate of drug-likeness (QED) is 0.729. The normalized spacial score (nSPS) is 17.8. The lowest BCUT2D eigenvalue weighted by atomic mass is 9.96. The molecule has 2 aliphatic rings. The molecule has 1 saturated carbocycles. The fourth-order valence-electron chi connectivity index (χ4n) is 3.45. The fraction of sp³-hybridized carbons (Fsp3) is 0.400. The van der Waals surface area contributed by atoms with Crippen LogP contribution in [0.25, 0.3) is 0 Å². The van der Waals surface area contributed by atoms with Crippen molar-refractivity contribution in [3.05, 3.63) is 47.6 Å². The van der Waals surface area contributed by atoms with Crippen LogP contribution in [0.3, 0.4) is 0 Å². The average Bonchev–Trinajstić information content (AvgIpc) is 3.53. The van der Waals surface area contributed by atoms with Gasteiger partial charge in [-0.15, -0.1) is 0 Å². The second kappa shape index (κ2) is 8.20. The van der Waals surface area contributed by atoms with Crippen LogP contribution in [0.1, 0.15) is 25.7 Å². The Kier molecular flexibility index (Phi) is 5.65. The minimum atomic E-state index is -3.76. The standard InChI is InChI=1S/C20H23ClN4O3S/c21-15-3-7-17(8-4-15)29(27,28)24-18-2-1-11-22-19(18)25-12-9-14(10-13-25)20(26)23-16-5-6-16/h1-4,7-8,11,14,16,24H,5-6,9-10,12-13H2,(H,23,26). The van der Waals surface area contributed by atoms with E-state index in [1.165, 1.54) is 24.3 Å². The van der Waals surface area contributed by atoms with E-state index in [0.29, 0.717) is 35.7 Å². The smallest absolute Gasteiger partial charge is 0.262 e. The van der Waals surface area contributed by atoms with Crippen LogP contribution in [0.4, 0.5) is 11.5 Å². The number of anilines is 2. The van der Waals surface area contributed by atoms with Gasteiger partial charge in [-0.1, -0.05) is 11.6 Å². The van der Waals surface area contributed by atoms with Crippen molar-refractivity contribution in [2.24, 2.45) is 5.92 Å². The zero-order valence-electron chi connectivity index (χ0n) is 15.8. The molecule has 0 atom stereocenters. The van der Waals surface area contributed by atoms with Gasteiger partial charge in [0.25, 0.3) is 10.0 Å². The van der Waals surface area contributed by atoms with Crippen LogP contribution in [0, 0.1) is 5.92 Å². The van der Waals surface area contributed by atoms with Crippen molar-refractivity contribution >= 4 is 39.0 Å². The zero-order valence-corrected chi connectivity index (χ0v) is 17.4. The topological polar surface area (TPSA) is 91.4 Å². The van der Waals surface area contributed by atoms with Crippen LogP contribution in [0.5, 0.6) is 0 Å². The fourth-order valence-corrected chi connectivity index (χ4v) is 4.63. The number of amides is 1. The number of hydrogen-bond acceptors (Lipinski definition) is 5. The van der Waals surface area contributed by atoms with Crippen molar-refractivity contribution in [3.8, 4) is 0 Å². The van der Waals surface area contributed by atoms with Gasteiger partial charge in [0.2, 0.25) is 5.91 Å². The number of benzene rings is 1. The van der Waals surface area contributed by atoms with Crippen molar-refractivity contribution in [1.29, 1.82) is 0 Å². The number of sulfonamides is 1. The Hall–Kier alpha value is -2.32. The molecular weight excluding hydrogens is 412 g/mol. The molecule has 9 heteroatoms. The third-order valence-electron chi connectivity index (χ3n) is 5.24. The first-order valence-corrected chi connectivity index (χ1v) is 11.6. The summed E-state index contributed by atoms with van der Waals surface area (Å²) in [5.74, 6) is 0.715. The van der Waals surface area contributed by atoms with E-state index in [1.54, 1.807) is 18.3 Å². The maximum atomic E-state index is 12.7. The van der Waals surface area contributed by atoms with E-state index in [9.17, 15) is 13.2 Å². The minimum Gasteiger partial charge on any atom is -0.355 e. The van der Waals surface area contributed by atoms with Gasteiger partial charge in [0, 0.05) is 36.3 Å². The third kappa shape index (κ3) is 4.82. The van der Waals surface area contributed by atoms with Crippen LogP contribution < -0.4 is 14.9 Å². The Morgan fingerprint density at radius 1 is 1.07 bits per heavy atom. The van der Waals surface area contributed by atoms with E-state index in [-0.39, 0.29) is 16.7 Å². The highest BCUT2D eigenvalue weighted by molar-refractivity contribution is 7.92. The molecule has 2 aromatic rings. The van der Waals surface area contributed by atoms with E-state index in [2.05, 4.69) is 15.0 Å². The highest BCUT2D eigenvalue weighted by Crippen LogP contribution is 2.30. The molecule has 154 valence electrons. The lowest BCUT2D eigenvalue weighted by molar-refractivity contribution is -0.125. The second-order valence-corrected chi connectivity index (χ2v) is 9.60. The van der Waals surface area contributed by atoms with E-state index >= 15 is 0 Å². The summed E-state index contributed by atoms with van der Waals surface area (Å²) in [6.07, 6.45) is 5.24. The molecule has 4 rings (SSSR count). The summed E-state index contributed by atoms with van der Waals surface area (Å²) in [4.78, 5) is 18.8. The van der Waals surface area contributed by atoms with Crippen molar-refractivity contribution < 1.29 is 13.2 Å². The first kappa shape index (κ1) is 20.0. The van der Waals surface area contributed by atoms with Crippen molar-refractivity contribution in [1.82, 2.24) is 10.3 Å². The van der Waals surface area contributed by atoms with Gasteiger partial charge in [-0.2, -0.15) is 0 Å². The van der Waals surface area contributed by atoms with E-state index in [4.69, 9.17) is 11.6 Å². The molecule has 29 heavy (non-hydrogen) atoms. The molecule has 1 aromatic carbocycles. The molecule has 1 aromatic heterocycles. The molecule has 1 aliphatic heterocycles. The lowest BCUT2D eigenvalue weighted by Crippen LogP contribution is -2.41. The van der Waals surface area contributed by atoms with Crippen molar-refractivity contribution in [2.75, 3.05) is 22.7 Å². The van der Waals surface area contributed by atoms with Crippen molar-refractivity contribution in [2.45, 2.75) is 36.6 Å². The van der Waals surface area contributed by atoms with Crippen LogP contribution in [-0.2, 0) is 14.8 Å². The molecule has 2 fully saturated rings. The van der Waals surface area contributed by atoms with Gasteiger partial charge in [0.05, 0.1) is 10.6 Å². The molecule has 2 heterocycles. The zero-order chi connectivity index (χ0) is 20.4. The Bertz CT molecular complexity index is 985. The Labute approximate surface area is 175 Å². The number of piperidine rings is 1. The highest BCUT2D eigenvalue weighted by Gasteiger charge is 2.31. The van der Waals surface area contributed by atoms with Crippen LogP contribution >= 0.6 is 11.6 Å². The Morgan fingerprint density at radius 3 is 2.41 bits per heavy atom. The van der Waals surface area contributed by atoms with Gasteiger partial charge < -0.3 is 10.2 Å². The van der Waals surface area contributed by atoms with Gasteiger partial charge in [-0.25, -0.2) is 13.4 Å². The number of nitrogens with one attached hydrogen (secondary N) is 2. The van der Waals surface area contributed by atoms with Gasteiger partial charge in [0.15, 0.2) is 5.82 Å². The minimum absolute atomic E-state index is 0.00442. The summed E-state index contributed by atoms with van der Waals surface area (Å²) in [6, 6.07) is 9.76. The molecule has 2 N–H and O–H groups in total. The summed E-state index contributed by atoms with van der Waals surface area (Å²) in [5.41, 5.74) is 0.420. The van der Waals surface area contributed by atoms with Crippen LogP contribution in [-0.4, -0.2) is 38.4 Å². The van der Waals surface area contributed by atoms with Gasteiger partial charge in [0.1, 0.15) is 0 Å². The highest BCUT2D eigenvalue weighted by atomic mass is 35.5. The van der Waals surface area contributed by atoms with Gasteiger partial charge in [-0.05, 0) is 62.1 Å². The molecule has 1 amide bonds. The van der Waals surface area contributed by atoms with E-state index < -0.39 is 10.0 Å². The third-order valence-corrected chi connectivity index (χ3v) is 6.88. The van der Waals surface area contributed by atoms with E-state index in [0.717, 1.165) is 25.7 Å². The number of nitrogens with zero attached hydrogens (tertiary/aromatic N) is 2. The molecule has 0 radical (unpaired) electrons. The Balaban J connectivity index is 1.46. The number of aromatic nitrogens is 1. The number of hydrogen-bond donors (Lipinski definition) is 2. The maximum Gasteiger partial charge on any atom is 0.262 e. The van der Waals surface area contributed by atoms with Gasteiger partial charge in [-0.3, -0.25) is 9.52 Å². The molecule has 1 saturated heterocycles. The molecular formula is C20H23ClN4O3S. The molecule has 7 nitrogen and oxygen atoms in total. The number of rotatable bonds is 6. The molecule has 0 spiro atoms. The molecule has 0 unspecified atom stereocenters. The van der Waals surface area contributed by atoms with Crippen LogP contribution in [0.15, 0.2) is 47.5 Å². The number of carbonyl (C=O) groups excluding carboxylic acids is 1. The summed E-state index contributed by atoms with van der Waals surface area (Å²) in [5, 5.41) is 3.54. The number of halogens is 1. The summed E-state index contributed by atoms with van der Waals surface area (Å²) in [6.45, 7) is 1.30. The molecule has 1 aliphatic carbocycles. The second-order valence-electron chi connectivity index (χ2n) is 7.48. The van der Waals surface area contributed by atoms with E-state index in [1.807, 2.05) is 4.90 Å². The lowest BCUT2D eigenvalue weighted by Gasteiger charge is -2.33. The SMILES string of the molecule is O=C(NC1CC1)C1CCN(c2ncccc2NS(=O)(=O)c2ccc(Cl)cc2)CC1. The number of pyridine rings is 1. The average molecular weight is 435 g/mol. The maximum absolute atomic E-state index is 12.7. The Morgan fingerprint density at radius 2 is 1.76 bits per heavy atom. The predicted molar refractivity (Wildman–Crippen MR) is 113 cm³/mol. The summed E-state index contributed by atoms with van der Waals surface area (Å²) >= 11 is 5.85. The molecule has 0 bridgehead atoms. The summed E-state index contributed by atoms with van der Waals surface area (Å²) in [7, 11) is -3.76. The van der Waals surface area contributed by atoms with Gasteiger partial charge >= 0.3 is 0 Å². The largest absolute Gasteiger partial charge is 0.355 e. The number of carbonyl (C=O) groups is 1. The first-order valence-electron chi connectivity index (χ1n) is 9.71. The van der Waals surface area contributed by atoms with Crippen molar-refractivity contribution in [3.63, 3.8) is 0 Å². The summed E-state index contributed by atoms with van der Waals surface area (Å²) < 4.78 is 28.1. The van der Waals surface area contributed by atoms with Crippen LogP contribution in [0.2, 0.25) is 5.02 Å². The first-order chi connectivity index (χ1) is 13.9. The monoisotopic (exact) mass is 434 g/mol. The predicted octanol–water partition coefficient (Wildman–Crippen LogP) is 3.03.